The quantitative estimate of drug-likeness (QED) is 0.479. The molecule has 0 N–H and O–H groups in total. The van der Waals surface area contributed by atoms with Crippen LogP contribution in [0.2, 0.25) is 0 Å². The standard InChI is InChI=1S/C13H11NO2/c1-10(16)14-7-6-12-9-11(3-2-8-15)4-5-13(12)14/h4-5,8-9H,6-7H2,1H3. The fourth-order valence-corrected chi connectivity index (χ4v) is 1.92. The van der Waals surface area contributed by atoms with E-state index in [9.17, 15) is 9.59 Å². The predicted molar refractivity (Wildman–Crippen MR) is 61.1 cm³/mol. The van der Waals surface area contributed by atoms with Crippen molar-refractivity contribution >= 4 is 17.9 Å². The Morgan fingerprint density at radius 3 is 3.00 bits per heavy atom. The van der Waals surface area contributed by atoms with Gasteiger partial charge in [0.15, 0.2) is 6.29 Å². The zero-order valence-electron chi connectivity index (χ0n) is 8.99. The van der Waals surface area contributed by atoms with Gasteiger partial charge in [-0.2, -0.15) is 0 Å². The monoisotopic (exact) mass is 213 g/mol. The first-order valence-electron chi connectivity index (χ1n) is 5.08. The minimum absolute atomic E-state index is 0.0606. The Morgan fingerprint density at radius 2 is 2.31 bits per heavy atom. The van der Waals surface area contributed by atoms with Gasteiger partial charge in [0.25, 0.3) is 0 Å². The number of fused-ring (bicyclic) bond motifs is 1. The summed E-state index contributed by atoms with van der Waals surface area (Å²) in [4.78, 5) is 23.2. The van der Waals surface area contributed by atoms with Crippen molar-refractivity contribution in [1.29, 1.82) is 0 Å². The van der Waals surface area contributed by atoms with Crippen molar-refractivity contribution < 1.29 is 9.59 Å². The second-order valence-corrected chi connectivity index (χ2v) is 3.65. The molecule has 1 aliphatic rings. The number of amides is 1. The number of carbonyl (C=O) groups excluding carboxylic acids is 2. The van der Waals surface area contributed by atoms with Gasteiger partial charge in [-0.1, -0.05) is 5.92 Å². The highest BCUT2D eigenvalue weighted by molar-refractivity contribution is 5.93. The number of rotatable bonds is 0. The fourth-order valence-electron chi connectivity index (χ4n) is 1.92. The number of aldehydes is 1. The lowest BCUT2D eigenvalue weighted by atomic mass is 10.1. The summed E-state index contributed by atoms with van der Waals surface area (Å²) in [6, 6.07) is 5.66. The van der Waals surface area contributed by atoms with Gasteiger partial charge in [0.1, 0.15) is 0 Å². The summed E-state index contributed by atoms with van der Waals surface area (Å²) in [7, 11) is 0. The van der Waals surface area contributed by atoms with Crippen molar-refractivity contribution in [2.75, 3.05) is 11.4 Å². The van der Waals surface area contributed by atoms with E-state index in [0.29, 0.717) is 6.29 Å². The number of hydrogen-bond acceptors (Lipinski definition) is 2. The van der Waals surface area contributed by atoms with E-state index in [2.05, 4.69) is 11.8 Å². The molecule has 0 bridgehead atoms. The number of anilines is 1. The van der Waals surface area contributed by atoms with Crippen molar-refractivity contribution in [1.82, 2.24) is 0 Å². The van der Waals surface area contributed by atoms with Crippen LogP contribution in [0.25, 0.3) is 0 Å². The topological polar surface area (TPSA) is 37.4 Å². The second-order valence-electron chi connectivity index (χ2n) is 3.65. The van der Waals surface area contributed by atoms with Crippen molar-refractivity contribution in [3.8, 4) is 11.8 Å². The highest BCUT2D eigenvalue weighted by atomic mass is 16.2. The SMILES string of the molecule is CC(=O)N1CCc2cc(C#CC=O)ccc21. The van der Waals surface area contributed by atoms with E-state index < -0.39 is 0 Å². The van der Waals surface area contributed by atoms with Crippen LogP contribution in [0.5, 0.6) is 0 Å². The molecule has 3 nitrogen and oxygen atoms in total. The Labute approximate surface area is 94.1 Å². The smallest absolute Gasteiger partial charge is 0.223 e. The van der Waals surface area contributed by atoms with Crippen LogP contribution in [0.3, 0.4) is 0 Å². The molecule has 0 saturated heterocycles. The zero-order valence-corrected chi connectivity index (χ0v) is 8.99. The number of nitrogens with zero attached hydrogens (tertiary/aromatic N) is 1. The first-order chi connectivity index (χ1) is 7.72. The van der Waals surface area contributed by atoms with E-state index in [1.54, 1.807) is 11.8 Å². The molecular formula is C13H11NO2. The Hall–Kier alpha value is -2.08. The minimum Gasteiger partial charge on any atom is -0.312 e. The van der Waals surface area contributed by atoms with Gasteiger partial charge >= 0.3 is 0 Å². The van der Waals surface area contributed by atoms with Gasteiger partial charge in [-0.3, -0.25) is 9.59 Å². The molecule has 0 spiro atoms. The van der Waals surface area contributed by atoms with Gasteiger partial charge in [-0.15, -0.1) is 0 Å². The molecule has 0 fully saturated rings. The van der Waals surface area contributed by atoms with Crippen LogP contribution < -0.4 is 4.90 Å². The molecule has 1 amide bonds. The van der Waals surface area contributed by atoms with Gasteiger partial charge < -0.3 is 4.90 Å². The molecule has 80 valence electrons. The van der Waals surface area contributed by atoms with Gasteiger partial charge in [0.2, 0.25) is 5.91 Å². The maximum Gasteiger partial charge on any atom is 0.223 e. The molecule has 0 radical (unpaired) electrons. The van der Waals surface area contributed by atoms with Crippen LogP contribution in [0, 0.1) is 11.8 Å². The van der Waals surface area contributed by atoms with Gasteiger partial charge in [-0.05, 0) is 36.1 Å². The largest absolute Gasteiger partial charge is 0.312 e. The molecule has 1 heterocycles. The van der Waals surface area contributed by atoms with Crippen LogP contribution >= 0.6 is 0 Å². The van der Waals surface area contributed by atoms with Crippen molar-refractivity contribution in [2.45, 2.75) is 13.3 Å². The third kappa shape index (κ3) is 1.82. The third-order valence-corrected chi connectivity index (χ3v) is 2.63. The van der Waals surface area contributed by atoms with E-state index in [0.717, 1.165) is 29.8 Å². The lowest BCUT2D eigenvalue weighted by Crippen LogP contribution is -2.25. The molecule has 0 aliphatic carbocycles. The average Bonchev–Trinajstić information content (AvgIpc) is 2.69. The number of hydrogen-bond donors (Lipinski definition) is 0. The summed E-state index contributed by atoms with van der Waals surface area (Å²) in [6.45, 7) is 2.30. The van der Waals surface area contributed by atoms with Crippen LogP contribution in [-0.2, 0) is 16.0 Å². The van der Waals surface area contributed by atoms with Crippen molar-refractivity contribution in [2.24, 2.45) is 0 Å². The fraction of sp³-hybridized carbons (Fsp3) is 0.231. The zero-order chi connectivity index (χ0) is 11.5. The molecule has 0 saturated carbocycles. The average molecular weight is 213 g/mol. The summed E-state index contributed by atoms with van der Waals surface area (Å²) in [6.07, 6.45) is 1.43. The molecule has 16 heavy (non-hydrogen) atoms. The summed E-state index contributed by atoms with van der Waals surface area (Å²) < 4.78 is 0. The Bertz CT molecular complexity index is 508. The lowest BCUT2D eigenvalue weighted by Gasteiger charge is -2.14. The third-order valence-electron chi connectivity index (χ3n) is 2.63. The minimum atomic E-state index is 0.0606. The molecule has 0 atom stereocenters. The second kappa shape index (κ2) is 4.19. The highest BCUT2D eigenvalue weighted by Crippen LogP contribution is 2.28. The van der Waals surface area contributed by atoms with E-state index in [-0.39, 0.29) is 5.91 Å². The molecule has 0 aromatic heterocycles. The maximum atomic E-state index is 11.3. The summed E-state index contributed by atoms with van der Waals surface area (Å²) in [5, 5.41) is 0. The van der Waals surface area contributed by atoms with Crippen molar-refractivity contribution in [3.63, 3.8) is 0 Å². The van der Waals surface area contributed by atoms with Crippen LogP contribution in [-0.4, -0.2) is 18.7 Å². The number of carbonyl (C=O) groups is 2. The first kappa shape index (κ1) is 10.4. The molecule has 3 heteroatoms. The molecular weight excluding hydrogens is 202 g/mol. The van der Waals surface area contributed by atoms with Gasteiger partial charge in [-0.25, -0.2) is 0 Å². The van der Waals surface area contributed by atoms with Crippen LogP contribution in [0.1, 0.15) is 18.1 Å². The highest BCUT2D eigenvalue weighted by Gasteiger charge is 2.21. The Kier molecular flexibility index (Phi) is 2.74. The Morgan fingerprint density at radius 1 is 1.50 bits per heavy atom. The predicted octanol–water partition coefficient (Wildman–Crippen LogP) is 1.15. The lowest BCUT2D eigenvalue weighted by molar-refractivity contribution is -0.116. The molecule has 1 aromatic rings. The van der Waals surface area contributed by atoms with E-state index in [1.807, 2.05) is 18.2 Å². The van der Waals surface area contributed by atoms with E-state index in [4.69, 9.17) is 0 Å². The normalized spacial score (nSPS) is 12.7. The van der Waals surface area contributed by atoms with Gasteiger partial charge in [0, 0.05) is 24.7 Å². The first-order valence-corrected chi connectivity index (χ1v) is 5.08. The van der Waals surface area contributed by atoms with Crippen molar-refractivity contribution in [3.05, 3.63) is 29.3 Å². The van der Waals surface area contributed by atoms with E-state index >= 15 is 0 Å². The summed E-state index contributed by atoms with van der Waals surface area (Å²) >= 11 is 0. The number of benzene rings is 1. The molecule has 2 rings (SSSR count). The molecule has 0 unspecified atom stereocenters. The van der Waals surface area contributed by atoms with Gasteiger partial charge in [0.05, 0.1) is 0 Å². The van der Waals surface area contributed by atoms with E-state index in [1.165, 1.54) is 0 Å². The van der Waals surface area contributed by atoms with Crippen LogP contribution in [0.15, 0.2) is 18.2 Å². The molecule has 1 aromatic carbocycles. The summed E-state index contributed by atoms with van der Waals surface area (Å²) in [5.41, 5.74) is 2.90. The summed E-state index contributed by atoms with van der Waals surface area (Å²) in [5.74, 6) is 5.19. The Balaban J connectivity index is 2.36. The molecule has 1 aliphatic heterocycles. The van der Waals surface area contributed by atoms with Crippen LogP contribution in [0.4, 0.5) is 5.69 Å². The maximum absolute atomic E-state index is 11.3.